The molecule has 6 heterocycles. The maximum atomic E-state index is 13.2. The van der Waals surface area contributed by atoms with Gasteiger partial charge in [-0.25, -0.2) is 4.39 Å². The number of allylic oxidation sites excluding steroid dienone is 2. The average molecular weight is 2490 g/mol. The molecule has 14 rings (SSSR count). The predicted octanol–water partition coefficient (Wildman–Crippen LogP) is 27.4. The molecule has 121 heavy (non-hydrogen) atoms. The molecule has 0 aliphatic rings. The zero-order valence-corrected chi connectivity index (χ0v) is 84.3. The zero-order valence-electron chi connectivity index (χ0n) is 72.4. The Morgan fingerprint density at radius 3 is 1.02 bits per heavy atom. The number of hydrogen-bond donors (Lipinski definition) is 1. The van der Waals surface area contributed by atoms with Crippen molar-refractivity contribution in [3.8, 4) is 89.8 Å². The Balaban J connectivity index is 0.000000369. The van der Waals surface area contributed by atoms with Crippen LogP contribution in [0.3, 0.4) is 0 Å². The summed E-state index contributed by atoms with van der Waals surface area (Å²) in [6.45, 7) is 36.4. The van der Waals surface area contributed by atoms with Crippen LogP contribution in [-0.4, -0.2) is 40.8 Å². The zero-order chi connectivity index (χ0) is 83.7. The Kier molecular flexibility index (Phi) is 46.1. The maximum Gasteiger partial charge on any atom is 0.155 e. The van der Waals surface area contributed by atoms with Gasteiger partial charge in [-0.2, -0.15) is 0 Å². The molecule has 8 aromatic carbocycles. The number of aliphatic hydroxyl groups is 1. The molecule has 0 unspecified atom stereocenters. The van der Waals surface area contributed by atoms with E-state index < -0.39 is 0 Å². The second-order valence-corrected chi connectivity index (χ2v) is 34.4. The molecule has 8 nitrogen and oxygen atoms in total. The quantitative estimate of drug-likeness (QED) is 0.0690. The molecule has 639 valence electrons. The van der Waals surface area contributed by atoms with Gasteiger partial charge >= 0.3 is 0 Å². The first kappa shape index (κ1) is 106. The Hall–Kier alpha value is -8.95. The van der Waals surface area contributed by atoms with E-state index in [0.717, 1.165) is 87.5 Å². The number of hydrogen-bond acceptors (Lipinski definition) is 8. The van der Waals surface area contributed by atoms with E-state index in [1.165, 1.54) is 88.3 Å². The summed E-state index contributed by atoms with van der Waals surface area (Å²) in [5.41, 5.74) is 24.2. The fourth-order valence-corrected chi connectivity index (χ4v) is 12.3. The third-order valence-corrected chi connectivity index (χ3v) is 17.3. The fourth-order valence-electron chi connectivity index (χ4n) is 12.3. The number of halogens is 1. The topological polar surface area (TPSA) is 115 Å². The summed E-state index contributed by atoms with van der Waals surface area (Å²) in [5.74, 6) is -0.331. The number of benzene rings is 8. The standard InChI is InChI=1S/2C22H22N.C16H17FN.C16H18N.C15H16N.C11H8N.C5H8O2.5Ir/c1-22(2,3)16-17-8-7-11-20(14-17)21-15-19(12-13-23-21)18-9-5-4-6-10-18;1-22(2,3)16-17-12-13-23-21(14-17)20-11-7-10-19(15-20)18-8-5-4-6-9-18;1-16(2,3)11-12-5-4-6-13(9-12)15-10-14(17)7-8-18-15;1-16(2,3)12-13-9-10-17-15(11-13)14-7-5-4-6-8-14;1-15(2,3)13-8-6-7-12(11-13)14-9-4-5-10-16-14;1-2-6-10(7-3-1)11-8-4-5-9-12-11;1-4(6)3-5(2)7;;;;;/h2*4-10,12-15H,16H2,1-3H3;4-5,7-10H,11H2,1-3H3;4-7,9-11H,12H2,1-3H3;4-6,8-11H,1-3H3;1-6,8-9H;3,6H,1-2H3;;;;;/q6*-1;;;;;;. The van der Waals surface area contributed by atoms with Crippen LogP contribution in [0.5, 0.6) is 0 Å². The number of aromatic nitrogens is 6. The summed E-state index contributed by atoms with van der Waals surface area (Å²) < 4.78 is 13.2. The summed E-state index contributed by atoms with van der Waals surface area (Å²) in [6, 6.07) is 108. The van der Waals surface area contributed by atoms with Gasteiger partial charge in [0, 0.05) is 144 Å². The van der Waals surface area contributed by atoms with Gasteiger partial charge in [-0.3, -0.25) is 4.79 Å². The van der Waals surface area contributed by atoms with Crippen LogP contribution in [0.15, 0.2) is 316 Å². The summed E-state index contributed by atoms with van der Waals surface area (Å²) in [6.07, 6.45) is 16.0. The number of rotatable bonds is 13. The van der Waals surface area contributed by atoms with Crippen molar-refractivity contribution in [2.75, 3.05) is 0 Å². The molecule has 0 bridgehead atoms. The van der Waals surface area contributed by atoms with Crippen LogP contribution in [0.2, 0.25) is 0 Å². The summed E-state index contributed by atoms with van der Waals surface area (Å²) in [7, 11) is 0. The van der Waals surface area contributed by atoms with Crippen LogP contribution < -0.4 is 0 Å². The first-order valence-electron chi connectivity index (χ1n) is 39.5. The molecule has 6 aromatic heterocycles. The van der Waals surface area contributed by atoms with E-state index in [9.17, 15) is 9.18 Å². The summed E-state index contributed by atoms with van der Waals surface area (Å²) in [5, 5.41) is 8.36. The van der Waals surface area contributed by atoms with Gasteiger partial charge in [-0.1, -0.05) is 218 Å². The second kappa shape index (κ2) is 52.5. The maximum absolute atomic E-state index is 13.2. The average Bonchev–Trinajstić information content (AvgIpc) is 0.835. The van der Waals surface area contributed by atoms with E-state index >= 15 is 0 Å². The molecule has 1 N–H and O–H groups in total. The molecule has 14 heteroatoms. The van der Waals surface area contributed by atoms with Crippen LogP contribution in [0.4, 0.5) is 4.39 Å². The molecule has 5 radical (unpaired) electrons. The van der Waals surface area contributed by atoms with Crippen LogP contribution in [0.1, 0.15) is 146 Å². The number of pyridine rings is 6. The van der Waals surface area contributed by atoms with Crippen LogP contribution >= 0.6 is 0 Å². The first-order valence-corrected chi connectivity index (χ1v) is 39.5. The van der Waals surface area contributed by atoms with Crippen molar-refractivity contribution in [1.82, 2.24) is 29.9 Å². The molecule has 0 fully saturated rings. The van der Waals surface area contributed by atoms with Gasteiger partial charge in [0.25, 0.3) is 0 Å². The van der Waals surface area contributed by atoms with Crippen molar-refractivity contribution < 1.29 is 115 Å². The number of carbonyl (C=O) groups excluding carboxylic acids is 1. The second-order valence-electron chi connectivity index (χ2n) is 34.4. The SMILES string of the molecule is CC(=O)C=C(C)O.CC(C)(C)Cc1cc[c-]c(-c2cc(-c3ccccc3)ccn2)c1.CC(C)(C)Cc1cc[c-]c(-c2cc(F)ccn2)c1.CC(C)(C)Cc1ccnc(-c2[c-]ccc(-c3ccccc3)c2)c1.CC(C)(C)Cc1ccnc(-c2[c-]cccc2)c1.CC(C)(C)c1cc[c-]c(-c2ccccn2)c1.[Ir].[Ir].[Ir].[Ir].[Ir].[c-]1ccccc1-c1ccccn1. The Morgan fingerprint density at radius 1 is 0.306 bits per heavy atom. The minimum atomic E-state index is -0.269. The van der Waals surface area contributed by atoms with Gasteiger partial charge in [-0.05, 0) is 160 Å². The molecule has 0 amide bonds. The van der Waals surface area contributed by atoms with Gasteiger partial charge < -0.3 is 35.0 Å². The molecule has 14 aromatic rings. The minimum absolute atomic E-state index is 0. The van der Waals surface area contributed by atoms with Crippen LogP contribution in [0, 0.1) is 63.9 Å². The number of aliphatic hydroxyl groups excluding tert-OH is 1. The third kappa shape index (κ3) is 40.3. The smallest absolute Gasteiger partial charge is 0.155 e. The van der Waals surface area contributed by atoms with Gasteiger partial charge in [0.1, 0.15) is 5.82 Å². The Morgan fingerprint density at radius 2 is 0.636 bits per heavy atom. The van der Waals surface area contributed by atoms with Crippen molar-refractivity contribution >= 4 is 5.78 Å². The van der Waals surface area contributed by atoms with Crippen molar-refractivity contribution in [2.45, 2.75) is 149 Å². The van der Waals surface area contributed by atoms with Gasteiger partial charge in [0.15, 0.2) is 5.78 Å². The largest absolute Gasteiger partial charge is 0.512 e. The van der Waals surface area contributed by atoms with E-state index in [0.29, 0.717) is 11.1 Å². The van der Waals surface area contributed by atoms with Crippen molar-refractivity contribution in [3.63, 3.8) is 0 Å². The first-order chi connectivity index (χ1) is 55.2. The fraction of sp³-hybridized carbons (Fsp3) is 0.243. The molecule has 0 aliphatic heterocycles. The number of ketones is 1. The van der Waals surface area contributed by atoms with Gasteiger partial charge in [0.2, 0.25) is 0 Å². The minimum Gasteiger partial charge on any atom is -0.512 e. The van der Waals surface area contributed by atoms with Gasteiger partial charge in [-0.15, -0.1) is 213 Å². The van der Waals surface area contributed by atoms with Crippen LogP contribution in [0.25, 0.3) is 89.8 Å². The molecule has 0 spiro atoms. The van der Waals surface area contributed by atoms with Crippen molar-refractivity contribution in [3.05, 3.63) is 386 Å². The van der Waals surface area contributed by atoms with Crippen molar-refractivity contribution in [1.29, 1.82) is 0 Å². The van der Waals surface area contributed by atoms with Crippen molar-refractivity contribution in [2.24, 2.45) is 21.7 Å². The van der Waals surface area contributed by atoms with Gasteiger partial charge in [0.05, 0.1) is 5.76 Å². The predicted molar refractivity (Wildman–Crippen MR) is 480 cm³/mol. The van der Waals surface area contributed by atoms with Crippen LogP contribution in [-0.2, 0) is 136 Å². The Bertz CT molecular complexity index is 5160. The molecular formula is C107H111FIr5N6O2-6. The van der Waals surface area contributed by atoms with E-state index in [1.54, 1.807) is 6.20 Å². The summed E-state index contributed by atoms with van der Waals surface area (Å²) >= 11 is 0. The van der Waals surface area contributed by atoms with E-state index in [2.05, 4.69) is 291 Å². The monoisotopic (exact) mass is 2500 g/mol. The molecule has 0 saturated carbocycles. The Labute approximate surface area is 789 Å². The van der Waals surface area contributed by atoms with E-state index in [4.69, 9.17) is 5.11 Å². The number of nitrogens with zero attached hydrogens (tertiary/aromatic N) is 6. The van der Waals surface area contributed by atoms with E-state index in [-0.39, 0.29) is 140 Å². The number of carbonyl (C=O) groups is 1. The molecule has 0 aliphatic carbocycles. The molecule has 0 saturated heterocycles. The molecule has 0 atom stereocenters. The van der Waals surface area contributed by atoms with E-state index in [1.807, 2.05) is 158 Å². The molecular weight excluding hydrogens is 2380 g/mol. The summed E-state index contributed by atoms with van der Waals surface area (Å²) in [4.78, 5) is 36.2. The third-order valence-electron chi connectivity index (χ3n) is 17.3. The normalized spacial score (nSPS) is 10.8.